The molecular weight excluding hydrogens is 312 g/mol. The number of ketones is 1. The molecule has 8 atom stereocenters. The van der Waals surface area contributed by atoms with Crippen molar-refractivity contribution in [2.24, 2.45) is 28.6 Å². The number of rotatable bonds is 1. The van der Waals surface area contributed by atoms with Crippen molar-refractivity contribution in [1.29, 1.82) is 0 Å². The van der Waals surface area contributed by atoms with Crippen molar-refractivity contribution in [2.45, 2.75) is 89.9 Å². The van der Waals surface area contributed by atoms with Gasteiger partial charge in [0.2, 0.25) is 0 Å². The van der Waals surface area contributed by atoms with E-state index in [2.05, 4.69) is 27.7 Å². The normalized spacial score (nSPS) is 59.4. The van der Waals surface area contributed by atoms with Gasteiger partial charge in [0.05, 0.1) is 11.7 Å². The van der Waals surface area contributed by atoms with Gasteiger partial charge in [-0.1, -0.05) is 33.3 Å². The molecule has 1 N–H and O–H groups in total. The van der Waals surface area contributed by atoms with Crippen LogP contribution in [0.3, 0.4) is 0 Å². The van der Waals surface area contributed by atoms with E-state index < -0.39 is 5.60 Å². The summed E-state index contributed by atoms with van der Waals surface area (Å²) in [5.41, 5.74) is 0.770. The summed E-state index contributed by atoms with van der Waals surface area (Å²) in [5, 5.41) is 11.3. The lowest BCUT2D eigenvalue weighted by atomic mass is 9.45. The van der Waals surface area contributed by atoms with E-state index in [0.717, 1.165) is 44.9 Å². The lowest BCUT2D eigenvalue weighted by Gasteiger charge is -2.57. The standard InChI is InChI=1S/C22H32O3/c1-5-21(24)9-8-15-16-7-6-14-10-17(23)13(2)11-19(14,3)22(16)18(25-22)12-20(15,21)4/h10,13,15-16,18,24H,5-9,11-12H2,1-4H3/t13?,15-,16-,18+,19-,20-,21+,22?/m0/s1. The zero-order valence-corrected chi connectivity index (χ0v) is 16.1. The van der Waals surface area contributed by atoms with Gasteiger partial charge in [0.25, 0.3) is 0 Å². The van der Waals surface area contributed by atoms with E-state index in [0.29, 0.717) is 17.6 Å². The molecule has 1 aliphatic heterocycles. The molecule has 3 heteroatoms. The quantitative estimate of drug-likeness (QED) is 0.731. The zero-order valence-electron chi connectivity index (χ0n) is 16.1. The van der Waals surface area contributed by atoms with Crippen molar-refractivity contribution in [3.8, 4) is 0 Å². The highest BCUT2D eigenvalue weighted by molar-refractivity contribution is 5.93. The molecular formula is C22H32O3. The van der Waals surface area contributed by atoms with E-state index in [1.165, 1.54) is 5.57 Å². The van der Waals surface area contributed by atoms with E-state index >= 15 is 0 Å². The largest absolute Gasteiger partial charge is 0.389 e. The molecule has 4 aliphatic carbocycles. The number of carbonyl (C=O) groups is 1. The summed E-state index contributed by atoms with van der Waals surface area (Å²) in [6.45, 7) is 8.93. The average Bonchev–Trinajstić information content (AvgIpc) is 3.22. The number of fused-ring (bicyclic) bond motifs is 3. The maximum atomic E-state index is 12.3. The summed E-state index contributed by atoms with van der Waals surface area (Å²) in [5.74, 6) is 1.51. The molecule has 3 nitrogen and oxygen atoms in total. The topological polar surface area (TPSA) is 49.8 Å². The van der Waals surface area contributed by atoms with Gasteiger partial charge in [0, 0.05) is 16.7 Å². The van der Waals surface area contributed by atoms with Crippen LogP contribution in [0.4, 0.5) is 0 Å². The predicted molar refractivity (Wildman–Crippen MR) is 96.0 cm³/mol. The van der Waals surface area contributed by atoms with Crippen LogP contribution in [0.1, 0.15) is 72.6 Å². The Morgan fingerprint density at radius 2 is 2.00 bits per heavy atom. The molecule has 138 valence electrons. The maximum absolute atomic E-state index is 12.3. The smallest absolute Gasteiger partial charge is 0.158 e. The van der Waals surface area contributed by atoms with Crippen molar-refractivity contribution in [3.05, 3.63) is 11.6 Å². The van der Waals surface area contributed by atoms with Crippen LogP contribution in [0.5, 0.6) is 0 Å². The van der Waals surface area contributed by atoms with E-state index in [1.54, 1.807) is 0 Å². The van der Waals surface area contributed by atoms with Gasteiger partial charge in [-0.15, -0.1) is 0 Å². The highest BCUT2D eigenvalue weighted by Crippen LogP contribution is 2.76. The maximum Gasteiger partial charge on any atom is 0.158 e. The fourth-order valence-electron chi connectivity index (χ4n) is 8.01. The summed E-state index contributed by atoms with van der Waals surface area (Å²) in [7, 11) is 0. The van der Waals surface area contributed by atoms with Crippen LogP contribution in [0.2, 0.25) is 0 Å². The highest BCUT2D eigenvalue weighted by Gasteiger charge is 2.80. The molecule has 1 heterocycles. The summed E-state index contributed by atoms with van der Waals surface area (Å²) < 4.78 is 6.60. The van der Waals surface area contributed by atoms with Crippen LogP contribution in [-0.4, -0.2) is 28.2 Å². The minimum atomic E-state index is -0.525. The third kappa shape index (κ3) is 1.64. The summed E-state index contributed by atoms with van der Waals surface area (Å²) >= 11 is 0. The molecule has 0 aromatic rings. The van der Waals surface area contributed by atoms with Crippen LogP contribution < -0.4 is 0 Å². The molecule has 0 bridgehead atoms. The second kappa shape index (κ2) is 4.59. The summed E-state index contributed by atoms with van der Waals surface area (Å²) in [4.78, 5) is 12.3. The average molecular weight is 344 g/mol. The van der Waals surface area contributed by atoms with Crippen molar-refractivity contribution < 1.29 is 14.6 Å². The molecule has 0 aromatic heterocycles. The first kappa shape index (κ1) is 16.5. The van der Waals surface area contributed by atoms with Gasteiger partial charge in [-0.2, -0.15) is 0 Å². The van der Waals surface area contributed by atoms with Crippen molar-refractivity contribution in [3.63, 3.8) is 0 Å². The molecule has 1 spiro atoms. The fraction of sp³-hybridized carbons (Fsp3) is 0.864. The van der Waals surface area contributed by atoms with E-state index in [9.17, 15) is 9.90 Å². The third-order valence-electron chi connectivity index (χ3n) is 9.55. The second-order valence-electron chi connectivity index (χ2n) is 10.2. The Hall–Kier alpha value is -0.670. The van der Waals surface area contributed by atoms with Gasteiger partial charge in [-0.05, 0) is 62.9 Å². The Morgan fingerprint density at radius 1 is 1.24 bits per heavy atom. The molecule has 25 heavy (non-hydrogen) atoms. The van der Waals surface area contributed by atoms with Crippen LogP contribution in [0.15, 0.2) is 11.6 Å². The highest BCUT2D eigenvalue weighted by atomic mass is 16.6. The van der Waals surface area contributed by atoms with Gasteiger partial charge in [-0.3, -0.25) is 4.79 Å². The van der Waals surface area contributed by atoms with Crippen molar-refractivity contribution in [1.82, 2.24) is 0 Å². The van der Waals surface area contributed by atoms with E-state index in [-0.39, 0.29) is 28.5 Å². The number of ether oxygens (including phenoxy) is 1. The van der Waals surface area contributed by atoms with Gasteiger partial charge < -0.3 is 9.84 Å². The van der Waals surface area contributed by atoms with E-state index in [1.807, 2.05) is 6.08 Å². The van der Waals surface area contributed by atoms with Crippen molar-refractivity contribution >= 4 is 5.78 Å². The van der Waals surface area contributed by atoms with Crippen LogP contribution in [0.25, 0.3) is 0 Å². The minimum Gasteiger partial charge on any atom is -0.389 e. The minimum absolute atomic E-state index is 0.00916. The number of hydrogen-bond donors (Lipinski definition) is 1. The molecule has 2 unspecified atom stereocenters. The Balaban J connectivity index is 1.59. The molecule has 0 aromatic carbocycles. The monoisotopic (exact) mass is 344 g/mol. The molecule has 0 amide bonds. The van der Waals surface area contributed by atoms with Gasteiger partial charge in [0.1, 0.15) is 5.60 Å². The number of epoxide rings is 1. The predicted octanol–water partition coefficient (Wildman–Crippen LogP) is 4.04. The van der Waals surface area contributed by atoms with E-state index in [4.69, 9.17) is 4.74 Å². The lowest BCUT2D eigenvalue weighted by molar-refractivity contribution is -0.124. The SMILES string of the molecule is CC[C@@]1(O)CC[C@H]2[C@@H]3CCC4=CC(=O)C(C)C[C@]4(C)C34O[C@@H]4C[C@@]21C. The first-order chi connectivity index (χ1) is 11.7. The molecule has 5 rings (SSSR count). The second-order valence-corrected chi connectivity index (χ2v) is 10.2. The molecule has 5 aliphatic rings. The molecule has 3 saturated carbocycles. The van der Waals surface area contributed by atoms with Gasteiger partial charge in [0.15, 0.2) is 5.78 Å². The molecule has 1 saturated heterocycles. The van der Waals surface area contributed by atoms with Crippen molar-refractivity contribution in [2.75, 3.05) is 0 Å². The summed E-state index contributed by atoms with van der Waals surface area (Å²) in [6.07, 6.45) is 9.24. The van der Waals surface area contributed by atoms with Crippen LogP contribution >= 0.6 is 0 Å². The number of hydrogen-bond acceptors (Lipinski definition) is 3. The molecule has 4 fully saturated rings. The Morgan fingerprint density at radius 3 is 2.72 bits per heavy atom. The van der Waals surface area contributed by atoms with Gasteiger partial charge >= 0.3 is 0 Å². The first-order valence-electron chi connectivity index (χ1n) is 10.4. The Bertz CT molecular complexity index is 683. The van der Waals surface area contributed by atoms with Gasteiger partial charge in [-0.25, -0.2) is 0 Å². The Kier molecular flexibility index (Phi) is 3.03. The third-order valence-corrected chi connectivity index (χ3v) is 9.55. The molecule has 0 radical (unpaired) electrons. The lowest BCUT2D eigenvalue weighted by Crippen LogP contribution is -2.60. The number of carbonyl (C=O) groups excluding carboxylic acids is 1. The number of aliphatic hydroxyl groups is 1. The fourth-order valence-corrected chi connectivity index (χ4v) is 8.01. The summed E-state index contributed by atoms with van der Waals surface area (Å²) in [6, 6.07) is 0. The zero-order chi connectivity index (χ0) is 17.8. The van der Waals surface area contributed by atoms with Crippen LogP contribution in [-0.2, 0) is 9.53 Å². The first-order valence-corrected chi connectivity index (χ1v) is 10.4. The Labute approximate surface area is 151 Å². The van der Waals surface area contributed by atoms with Crippen LogP contribution in [0, 0.1) is 28.6 Å².